The number of ether oxygens (including phenoxy) is 2. The van der Waals surface area contributed by atoms with Gasteiger partial charge in [-0.3, -0.25) is 14.1 Å². The second-order valence-corrected chi connectivity index (χ2v) is 15.2. The number of carbonyl (C=O) groups is 2. The molecular weight excluding hydrogens is 650 g/mol. The van der Waals surface area contributed by atoms with E-state index in [4.69, 9.17) is 19.3 Å². The molecule has 10 heteroatoms. The summed E-state index contributed by atoms with van der Waals surface area (Å²) in [6.45, 7) is 3.71. The first kappa shape index (κ1) is 51.2. The minimum atomic E-state index is -4.74. The number of esters is 2. The molecule has 0 saturated heterocycles. The number of phosphoric ester groups is 1. The van der Waals surface area contributed by atoms with Crippen LogP contribution in [-0.4, -0.2) is 70.6 Å². The molecule has 0 aromatic carbocycles. The standard InChI is InChI=1S/C39H77O8P.Na/c1-3-5-7-9-11-13-15-17-19-21-23-25-27-29-31-33-38(40)45-35-37(36-46-48(42,43)44)47-39(41)34-32-30-28-26-24-22-20-18-16-14-12-10-8-6-4-2;/h37H,3-36H2,1-2H3,(H2,42,43,44);/t37-;/m1./s1. The van der Waals surface area contributed by atoms with Crippen LogP contribution in [0.4, 0.5) is 0 Å². The van der Waals surface area contributed by atoms with Crippen LogP contribution in [-0.2, 0) is 28.2 Å². The predicted octanol–water partition coefficient (Wildman–Crippen LogP) is 11.7. The van der Waals surface area contributed by atoms with Crippen molar-refractivity contribution in [1.29, 1.82) is 0 Å². The summed E-state index contributed by atoms with van der Waals surface area (Å²) in [4.78, 5) is 42.8. The number of carbonyl (C=O) groups excluding carboxylic acids is 2. The van der Waals surface area contributed by atoms with Gasteiger partial charge >= 0.3 is 19.8 Å². The van der Waals surface area contributed by atoms with E-state index in [9.17, 15) is 14.2 Å². The summed E-state index contributed by atoms with van der Waals surface area (Å²) < 4.78 is 26.4. The largest absolute Gasteiger partial charge is 0.469 e. The Morgan fingerprint density at radius 1 is 0.469 bits per heavy atom. The fourth-order valence-corrected chi connectivity index (χ4v) is 6.44. The van der Waals surface area contributed by atoms with Crippen LogP contribution in [0, 0.1) is 0 Å². The summed E-state index contributed by atoms with van der Waals surface area (Å²) in [6.07, 6.45) is 36.8. The first-order valence-electron chi connectivity index (χ1n) is 20.3. The van der Waals surface area contributed by atoms with Gasteiger partial charge in [-0.15, -0.1) is 0 Å². The fourth-order valence-electron chi connectivity index (χ4n) is 6.08. The maximum atomic E-state index is 12.4. The van der Waals surface area contributed by atoms with Crippen molar-refractivity contribution in [2.75, 3.05) is 13.2 Å². The Hall–Kier alpha value is 0.0500. The fraction of sp³-hybridized carbons (Fsp3) is 0.949. The van der Waals surface area contributed by atoms with Gasteiger partial charge in [0, 0.05) is 42.4 Å². The molecule has 1 atom stereocenters. The van der Waals surface area contributed by atoms with Crippen molar-refractivity contribution in [3.8, 4) is 0 Å². The monoisotopic (exact) mass is 728 g/mol. The van der Waals surface area contributed by atoms with Crippen molar-refractivity contribution in [2.24, 2.45) is 0 Å². The predicted molar refractivity (Wildman–Crippen MR) is 204 cm³/mol. The van der Waals surface area contributed by atoms with Crippen LogP contribution in [0.3, 0.4) is 0 Å². The Morgan fingerprint density at radius 2 is 0.755 bits per heavy atom. The maximum Gasteiger partial charge on any atom is 0.469 e. The van der Waals surface area contributed by atoms with Gasteiger partial charge in [-0.25, -0.2) is 4.57 Å². The molecular formula is C39H77NaO8P. The van der Waals surface area contributed by atoms with Crippen LogP contribution < -0.4 is 0 Å². The SMILES string of the molecule is CCCCCCCCCCCCCCCCCC(=O)OC[C@H](COP(=O)(O)O)OC(=O)CCCCCCCCCCCCCCCCC.[Na]. The van der Waals surface area contributed by atoms with E-state index < -0.39 is 32.5 Å². The number of hydrogen-bond acceptors (Lipinski definition) is 6. The normalized spacial score (nSPS) is 12.1. The Bertz CT molecular complexity index is 763. The Kier molecular flexibility index (Phi) is 41.0. The van der Waals surface area contributed by atoms with E-state index in [1.165, 1.54) is 154 Å². The Labute approximate surface area is 324 Å². The molecule has 0 heterocycles. The van der Waals surface area contributed by atoms with Crippen LogP contribution in [0.2, 0.25) is 0 Å². The average molecular weight is 728 g/mol. The minimum Gasteiger partial charge on any atom is -0.462 e. The summed E-state index contributed by atoms with van der Waals surface area (Å²) in [5.41, 5.74) is 0. The second-order valence-electron chi connectivity index (χ2n) is 14.0. The molecule has 49 heavy (non-hydrogen) atoms. The molecule has 0 aromatic rings. The van der Waals surface area contributed by atoms with Crippen LogP contribution >= 0.6 is 7.82 Å². The topological polar surface area (TPSA) is 119 Å². The first-order valence-corrected chi connectivity index (χ1v) is 21.9. The van der Waals surface area contributed by atoms with Crippen LogP contribution in [0.1, 0.15) is 219 Å². The summed E-state index contributed by atoms with van der Waals surface area (Å²) >= 11 is 0. The third kappa shape index (κ3) is 42.4. The summed E-state index contributed by atoms with van der Waals surface area (Å²) in [7, 11) is -4.74. The summed E-state index contributed by atoms with van der Waals surface area (Å²) in [6, 6.07) is 0. The molecule has 0 aliphatic rings. The molecule has 8 nitrogen and oxygen atoms in total. The molecule has 0 aliphatic carbocycles. The molecule has 0 aromatic heterocycles. The van der Waals surface area contributed by atoms with Crippen molar-refractivity contribution in [2.45, 2.75) is 225 Å². The van der Waals surface area contributed by atoms with Gasteiger partial charge in [0.15, 0.2) is 6.10 Å². The number of phosphoric acid groups is 1. The van der Waals surface area contributed by atoms with Gasteiger partial charge in [0.1, 0.15) is 6.61 Å². The molecule has 287 valence electrons. The summed E-state index contributed by atoms with van der Waals surface area (Å²) in [5, 5.41) is 0. The van der Waals surface area contributed by atoms with Gasteiger partial charge in [0.25, 0.3) is 0 Å². The molecule has 0 fully saturated rings. The van der Waals surface area contributed by atoms with Gasteiger partial charge < -0.3 is 19.3 Å². The molecule has 0 spiro atoms. The van der Waals surface area contributed by atoms with E-state index in [-0.39, 0.29) is 49.0 Å². The zero-order chi connectivity index (χ0) is 35.4. The van der Waals surface area contributed by atoms with Crippen molar-refractivity contribution < 1.29 is 37.9 Å². The molecule has 0 unspecified atom stereocenters. The van der Waals surface area contributed by atoms with Gasteiger partial charge in [0.05, 0.1) is 6.61 Å². The zero-order valence-electron chi connectivity index (χ0n) is 32.4. The van der Waals surface area contributed by atoms with E-state index in [0.717, 1.165) is 32.1 Å². The number of unbranched alkanes of at least 4 members (excludes halogenated alkanes) is 28. The van der Waals surface area contributed by atoms with Gasteiger partial charge in [-0.2, -0.15) is 0 Å². The Balaban J connectivity index is 0. The van der Waals surface area contributed by atoms with E-state index in [1.807, 2.05) is 0 Å². The van der Waals surface area contributed by atoms with Crippen molar-refractivity contribution in [3.05, 3.63) is 0 Å². The smallest absolute Gasteiger partial charge is 0.462 e. The van der Waals surface area contributed by atoms with Crippen molar-refractivity contribution in [3.63, 3.8) is 0 Å². The van der Waals surface area contributed by atoms with Crippen LogP contribution in [0.5, 0.6) is 0 Å². The zero-order valence-corrected chi connectivity index (χ0v) is 35.3. The van der Waals surface area contributed by atoms with Gasteiger partial charge in [0.2, 0.25) is 0 Å². The third-order valence-electron chi connectivity index (χ3n) is 9.13. The average Bonchev–Trinajstić information content (AvgIpc) is 3.05. The molecule has 0 saturated carbocycles. The molecule has 1 radical (unpaired) electrons. The van der Waals surface area contributed by atoms with E-state index in [2.05, 4.69) is 18.4 Å². The summed E-state index contributed by atoms with van der Waals surface area (Å²) in [5.74, 6) is -0.869. The van der Waals surface area contributed by atoms with Crippen molar-refractivity contribution in [1.82, 2.24) is 0 Å². The quantitative estimate of drug-likeness (QED) is 0.0279. The molecule has 0 aliphatic heterocycles. The van der Waals surface area contributed by atoms with Crippen molar-refractivity contribution >= 4 is 49.3 Å². The number of hydrogen-bond donors (Lipinski definition) is 2. The minimum absolute atomic E-state index is 0. The van der Waals surface area contributed by atoms with Crippen LogP contribution in [0.25, 0.3) is 0 Å². The van der Waals surface area contributed by atoms with Gasteiger partial charge in [-0.05, 0) is 12.8 Å². The maximum absolute atomic E-state index is 12.4. The number of rotatable bonds is 38. The van der Waals surface area contributed by atoms with Gasteiger partial charge in [-0.1, -0.05) is 194 Å². The second kappa shape index (κ2) is 39.3. The van der Waals surface area contributed by atoms with E-state index in [0.29, 0.717) is 6.42 Å². The first-order chi connectivity index (χ1) is 23.3. The van der Waals surface area contributed by atoms with Crippen LogP contribution in [0.15, 0.2) is 0 Å². The third-order valence-corrected chi connectivity index (χ3v) is 9.61. The molecule has 0 bridgehead atoms. The molecule has 2 N–H and O–H groups in total. The Morgan fingerprint density at radius 3 is 1.06 bits per heavy atom. The molecule has 0 rings (SSSR count). The van der Waals surface area contributed by atoms with E-state index in [1.54, 1.807) is 0 Å². The van der Waals surface area contributed by atoms with E-state index >= 15 is 0 Å². The molecule has 0 amide bonds.